The summed E-state index contributed by atoms with van der Waals surface area (Å²) < 4.78 is 5.82. The number of hydrogen-bond acceptors (Lipinski definition) is 3. The third kappa shape index (κ3) is 3.92. The van der Waals surface area contributed by atoms with Gasteiger partial charge in [-0.05, 0) is 61.9 Å². The first-order chi connectivity index (χ1) is 14.5. The van der Waals surface area contributed by atoms with Crippen molar-refractivity contribution < 1.29 is 14.3 Å². The normalized spacial score (nSPS) is 16.5. The number of ether oxygens (including phenoxy) is 1. The number of anilines is 1. The molecule has 0 aromatic heterocycles. The maximum atomic E-state index is 13.0. The van der Waals surface area contributed by atoms with Crippen LogP contribution in [0.15, 0.2) is 78.9 Å². The zero-order valence-electron chi connectivity index (χ0n) is 17.1. The molecule has 0 saturated carbocycles. The Morgan fingerprint density at radius 2 is 1.50 bits per heavy atom. The summed E-state index contributed by atoms with van der Waals surface area (Å²) in [5.41, 5.74) is 2.36. The van der Waals surface area contributed by atoms with E-state index in [0.717, 1.165) is 17.0 Å². The average molecular weight is 400 g/mol. The molecule has 3 aromatic rings. The SMILES string of the molecule is Cc1ccccc1C(=O)N1CCN(c2ccc(Oc3ccccc3)cc2)C(=O)[C@@H]1C. The van der Waals surface area contributed by atoms with Gasteiger partial charge in [0.25, 0.3) is 5.91 Å². The van der Waals surface area contributed by atoms with Gasteiger partial charge in [0.15, 0.2) is 0 Å². The fraction of sp³-hybridized carbons (Fsp3) is 0.200. The van der Waals surface area contributed by atoms with Crippen LogP contribution in [0.5, 0.6) is 11.5 Å². The Balaban J connectivity index is 1.46. The summed E-state index contributed by atoms with van der Waals surface area (Å²) in [6, 6.07) is 24.0. The standard InChI is InChI=1S/C25H24N2O3/c1-18-8-6-7-11-23(18)25(29)26-16-17-27(24(28)19(26)2)20-12-14-22(15-13-20)30-21-9-4-3-5-10-21/h3-15,19H,16-17H2,1-2H3/t19-/m0/s1. The van der Waals surface area contributed by atoms with Crippen molar-refractivity contribution >= 4 is 17.5 Å². The van der Waals surface area contributed by atoms with Crippen molar-refractivity contribution in [1.29, 1.82) is 0 Å². The highest BCUT2D eigenvalue weighted by molar-refractivity contribution is 6.03. The summed E-state index contributed by atoms with van der Waals surface area (Å²) in [5, 5.41) is 0. The Bertz CT molecular complexity index is 1050. The maximum Gasteiger partial charge on any atom is 0.254 e. The molecule has 30 heavy (non-hydrogen) atoms. The molecule has 0 N–H and O–H groups in total. The first kappa shape index (κ1) is 19.7. The van der Waals surface area contributed by atoms with Gasteiger partial charge in [0, 0.05) is 24.3 Å². The molecule has 0 aliphatic carbocycles. The van der Waals surface area contributed by atoms with E-state index in [-0.39, 0.29) is 11.8 Å². The topological polar surface area (TPSA) is 49.9 Å². The van der Waals surface area contributed by atoms with E-state index in [1.165, 1.54) is 0 Å². The Morgan fingerprint density at radius 1 is 0.867 bits per heavy atom. The summed E-state index contributed by atoms with van der Waals surface area (Å²) >= 11 is 0. The van der Waals surface area contributed by atoms with Gasteiger partial charge in [-0.25, -0.2) is 0 Å². The molecule has 0 unspecified atom stereocenters. The number of carbonyl (C=O) groups excluding carboxylic acids is 2. The van der Waals surface area contributed by atoms with Crippen LogP contribution in [0.4, 0.5) is 5.69 Å². The van der Waals surface area contributed by atoms with E-state index in [9.17, 15) is 9.59 Å². The van der Waals surface area contributed by atoms with Gasteiger partial charge in [-0.2, -0.15) is 0 Å². The van der Waals surface area contributed by atoms with Gasteiger partial charge in [0.1, 0.15) is 17.5 Å². The van der Waals surface area contributed by atoms with Crippen LogP contribution < -0.4 is 9.64 Å². The molecule has 1 saturated heterocycles. The number of aryl methyl sites for hydroxylation is 1. The number of nitrogens with zero attached hydrogens (tertiary/aromatic N) is 2. The molecule has 2 amide bonds. The zero-order chi connectivity index (χ0) is 21.1. The van der Waals surface area contributed by atoms with Crippen molar-refractivity contribution in [2.45, 2.75) is 19.9 Å². The van der Waals surface area contributed by atoms with Crippen LogP contribution in [0, 0.1) is 6.92 Å². The lowest BCUT2D eigenvalue weighted by atomic mass is 10.0. The van der Waals surface area contributed by atoms with Crippen LogP contribution in [-0.2, 0) is 4.79 Å². The third-order valence-electron chi connectivity index (χ3n) is 5.42. The summed E-state index contributed by atoms with van der Waals surface area (Å²) in [6.45, 7) is 4.65. The number of piperazine rings is 1. The monoisotopic (exact) mass is 400 g/mol. The minimum Gasteiger partial charge on any atom is -0.457 e. The van der Waals surface area contributed by atoms with E-state index in [2.05, 4.69) is 0 Å². The minimum absolute atomic E-state index is 0.0834. The van der Waals surface area contributed by atoms with Crippen molar-refractivity contribution in [1.82, 2.24) is 4.90 Å². The van der Waals surface area contributed by atoms with Gasteiger partial charge in [0.05, 0.1) is 0 Å². The van der Waals surface area contributed by atoms with E-state index in [1.54, 1.807) is 16.7 Å². The quantitative estimate of drug-likeness (QED) is 0.640. The molecule has 0 spiro atoms. The van der Waals surface area contributed by atoms with E-state index in [0.29, 0.717) is 24.4 Å². The predicted octanol–water partition coefficient (Wildman–Crippen LogP) is 4.66. The highest BCUT2D eigenvalue weighted by Gasteiger charge is 2.35. The molecule has 4 rings (SSSR count). The molecule has 1 aliphatic heterocycles. The second kappa shape index (κ2) is 8.41. The van der Waals surface area contributed by atoms with Crippen LogP contribution in [-0.4, -0.2) is 35.8 Å². The zero-order valence-corrected chi connectivity index (χ0v) is 17.1. The van der Waals surface area contributed by atoms with Gasteiger partial charge in [-0.1, -0.05) is 36.4 Å². The fourth-order valence-electron chi connectivity index (χ4n) is 3.69. The second-order valence-electron chi connectivity index (χ2n) is 7.39. The molecular formula is C25H24N2O3. The Hall–Kier alpha value is -3.60. The van der Waals surface area contributed by atoms with Crippen LogP contribution >= 0.6 is 0 Å². The molecule has 5 nitrogen and oxygen atoms in total. The summed E-state index contributed by atoms with van der Waals surface area (Å²) in [6.07, 6.45) is 0. The number of carbonyl (C=O) groups is 2. The van der Waals surface area contributed by atoms with Crippen molar-refractivity contribution in [2.24, 2.45) is 0 Å². The number of rotatable bonds is 4. The molecule has 1 aliphatic rings. The van der Waals surface area contributed by atoms with Crippen molar-refractivity contribution in [3.63, 3.8) is 0 Å². The summed E-state index contributed by atoms with van der Waals surface area (Å²) in [7, 11) is 0. The van der Waals surface area contributed by atoms with Gasteiger partial charge in [-0.3, -0.25) is 9.59 Å². The van der Waals surface area contributed by atoms with Gasteiger partial charge in [-0.15, -0.1) is 0 Å². The molecular weight excluding hydrogens is 376 g/mol. The smallest absolute Gasteiger partial charge is 0.254 e. The van der Waals surface area contributed by atoms with Gasteiger partial charge >= 0.3 is 0 Å². The average Bonchev–Trinajstić information content (AvgIpc) is 2.77. The summed E-state index contributed by atoms with van der Waals surface area (Å²) in [4.78, 5) is 29.4. The number of amides is 2. The highest BCUT2D eigenvalue weighted by Crippen LogP contribution is 2.27. The lowest BCUT2D eigenvalue weighted by Crippen LogP contribution is -2.57. The second-order valence-corrected chi connectivity index (χ2v) is 7.39. The molecule has 0 bridgehead atoms. The molecule has 0 radical (unpaired) electrons. The number of benzene rings is 3. The molecule has 152 valence electrons. The van der Waals surface area contributed by atoms with Crippen molar-refractivity contribution in [3.05, 3.63) is 90.0 Å². The van der Waals surface area contributed by atoms with Crippen LogP contribution in [0.25, 0.3) is 0 Å². The Kier molecular flexibility index (Phi) is 5.53. The number of hydrogen-bond donors (Lipinski definition) is 0. The van der Waals surface area contributed by atoms with Gasteiger partial charge < -0.3 is 14.5 Å². The van der Waals surface area contributed by atoms with Crippen molar-refractivity contribution in [3.8, 4) is 11.5 Å². The lowest BCUT2D eigenvalue weighted by Gasteiger charge is -2.39. The minimum atomic E-state index is -0.522. The molecule has 1 atom stereocenters. The number of para-hydroxylation sites is 1. The maximum absolute atomic E-state index is 13.0. The first-order valence-corrected chi connectivity index (χ1v) is 10.1. The summed E-state index contributed by atoms with van der Waals surface area (Å²) in [5.74, 6) is 1.29. The van der Waals surface area contributed by atoms with Crippen LogP contribution in [0.1, 0.15) is 22.8 Å². The van der Waals surface area contributed by atoms with Crippen molar-refractivity contribution in [2.75, 3.05) is 18.0 Å². The first-order valence-electron chi connectivity index (χ1n) is 10.1. The molecule has 5 heteroatoms. The van der Waals surface area contributed by atoms with Crippen LogP contribution in [0.2, 0.25) is 0 Å². The Morgan fingerprint density at radius 3 is 2.20 bits per heavy atom. The Labute approximate surface area is 176 Å². The van der Waals surface area contributed by atoms with E-state index >= 15 is 0 Å². The van der Waals surface area contributed by atoms with E-state index in [4.69, 9.17) is 4.74 Å². The largest absolute Gasteiger partial charge is 0.457 e. The predicted molar refractivity (Wildman–Crippen MR) is 117 cm³/mol. The van der Waals surface area contributed by atoms with Crippen LogP contribution in [0.3, 0.4) is 0 Å². The lowest BCUT2D eigenvalue weighted by molar-refractivity contribution is -0.124. The highest BCUT2D eigenvalue weighted by atomic mass is 16.5. The van der Waals surface area contributed by atoms with Gasteiger partial charge in [0.2, 0.25) is 5.91 Å². The van der Waals surface area contributed by atoms with E-state index < -0.39 is 6.04 Å². The molecule has 1 heterocycles. The van der Waals surface area contributed by atoms with E-state index in [1.807, 2.05) is 85.8 Å². The molecule has 3 aromatic carbocycles. The fourth-order valence-corrected chi connectivity index (χ4v) is 3.69. The molecule has 1 fully saturated rings. The third-order valence-corrected chi connectivity index (χ3v) is 5.42.